The summed E-state index contributed by atoms with van der Waals surface area (Å²) >= 11 is 0. The molecule has 0 spiro atoms. The fraction of sp³-hybridized carbons (Fsp3) is 0.391. The van der Waals surface area contributed by atoms with Crippen molar-refractivity contribution in [3.63, 3.8) is 0 Å². The van der Waals surface area contributed by atoms with E-state index < -0.39 is 21.8 Å². The van der Waals surface area contributed by atoms with Crippen LogP contribution >= 0.6 is 0 Å². The summed E-state index contributed by atoms with van der Waals surface area (Å²) in [5, 5.41) is 2.75. The average molecular weight is 478 g/mol. The van der Waals surface area contributed by atoms with E-state index in [9.17, 15) is 22.4 Å². The third-order valence-corrected chi connectivity index (χ3v) is 7.57. The zero-order valence-corrected chi connectivity index (χ0v) is 19.5. The van der Waals surface area contributed by atoms with Crippen molar-refractivity contribution in [3.8, 4) is 5.75 Å². The van der Waals surface area contributed by atoms with Gasteiger partial charge in [0.1, 0.15) is 16.5 Å². The summed E-state index contributed by atoms with van der Waals surface area (Å²) in [4.78, 5) is 26.6. The Kier molecular flexibility index (Phi) is 8.04. The predicted molar refractivity (Wildman–Crippen MR) is 122 cm³/mol. The lowest BCUT2D eigenvalue weighted by Gasteiger charge is -2.33. The molecule has 1 N–H and O–H groups in total. The second-order valence-corrected chi connectivity index (χ2v) is 9.65. The highest BCUT2D eigenvalue weighted by Crippen LogP contribution is 2.26. The van der Waals surface area contributed by atoms with Crippen LogP contribution in [0, 0.1) is 11.7 Å². The van der Waals surface area contributed by atoms with Gasteiger partial charge in [0.2, 0.25) is 21.8 Å². The van der Waals surface area contributed by atoms with E-state index in [1.807, 2.05) is 0 Å². The van der Waals surface area contributed by atoms with E-state index in [1.54, 1.807) is 31.2 Å². The van der Waals surface area contributed by atoms with Crippen LogP contribution in [0.2, 0.25) is 0 Å². The van der Waals surface area contributed by atoms with E-state index in [-0.39, 0.29) is 36.3 Å². The van der Waals surface area contributed by atoms with Gasteiger partial charge < -0.3 is 15.0 Å². The molecule has 0 radical (unpaired) electrons. The van der Waals surface area contributed by atoms with Crippen molar-refractivity contribution in [3.05, 3.63) is 54.3 Å². The number of carbonyl (C=O) groups is 2. The Hall–Kier alpha value is -2.98. The summed E-state index contributed by atoms with van der Waals surface area (Å²) < 4.78 is 45.9. The highest BCUT2D eigenvalue weighted by molar-refractivity contribution is 7.89. The van der Waals surface area contributed by atoms with Crippen LogP contribution in [-0.2, 0) is 19.6 Å². The van der Waals surface area contributed by atoms with Crippen LogP contribution in [0.25, 0.3) is 0 Å². The first kappa shape index (κ1) is 24.7. The number of piperidine rings is 1. The van der Waals surface area contributed by atoms with Gasteiger partial charge in [-0.3, -0.25) is 9.59 Å². The molecule has 10 heteroatoms. The molecule has 8 nitrogen and oxygen atoms in total. The second-order valence-electron chi connectivity index (χ2n) is 7.74. The van der Waals surface area contributed by atoms with Crippen LogP contribution in [0.4, 0.5) is 10.1 Å². The number of nitrogens with zero attached hydrogens (tertiary/aromatic N) is 2. The van der Waals surface area contributed by atoms with Crippen LogP contribution in [-0.4, -0.2) is 62.7 Å². The fourth-order valence-corrected chi connectivity index (χ4v) is 5.35. The SMILES string of the molecule is CCN(CC(=O)Nc1cccc(OC)c1)C(=O)C1CCN(S(=O)(=O)c2ccccc2F)CC1. The number of halogens is 1. The normalized spacial score (nSPS) is 15.1. The van der Waals surface area contributed by atoms with Crippen molar-refractivity contribution in [2.24, 2.45) is 5.92 Å². The number of likely N-dealkylation sites (N-methyl/N-ethyl adjacent to an activating group) is 1. The van der Waals surface area contributed by atoms with Gasteiger partial charge in [-0.25, -0.2) is 12.8 Å². The molecule has 2 amide bonds. The van der Waals surface area contributed by atoms with Gasteiger partial charge in [-0.05, 0) is 44.0 Å². The van der Waals surface area contributed by atoms with Gasteiger partial charge in [0.25, 0.3) is 0 Å². The molecule has 1 fully saturated rings. The predicted octanol–water partition coefficient (Wildman–Crippen LogP) is 2.72. The third-order valence-electron chi connectivity index (χ3n) is 5.64. The number of nitrogens with one attached hydrogen (secondary N) is 1. The molecule has 1 aliphatic heterocycles. The highest BCUT2D eigenvalue weighted by atomic mass is 32.2. The molecule has 0 saturated carbocycles. The summed E-state index contributed by atoms with van der Waals surface area (Å²) in [6.45, 7) is 2.24. The number of sulfonamides is 1. The van der Waals surface area contributed by atoms with Crippen molar-refractivity contribution in [2.45, 2.75) is 24.7 Å². The summed E-state index contributed by atoms with van der Waals surface area (Å²) in [6.07, 6.45) is 0.612. The number of rotatable bonds is 8. The summed E-state index contributed by atoms with van der Waals surface area (Å²) in [5.74, 6) is -1.12. The van der Waals surface area contributed by atoms with Gasteiger partial charge >= 0.3 is 0 Å². The molecule has 0 atom stereocenters. The molecule has 178 valence electrons. The number of ether oxygens (including phenoxy) is 1. The summed E-state index contributed by atoms with van der Waals surface area (Å²) in [7, 11) is -2.43. The van der Waals surface area contributed by atoms with E-state index in [0.717, 1.165) is 6.07 Å². The molecule has 0 bridgehead atoms. The van der Waals surface area contributed by atoms with Crippen LogP contribution in [0.5, 0.6) is 5.75 Å². The Balaban J connectivity index is 1.58. The average Bonchev–Trinajstić information content (AvgIpc) is 2.82. The fourth-order valence-electron chi connectivity index (χ4n) is 3.81. The quantitative estimate of drug-likeness (QED) is 0.631. The standard InChI is InChI=1S/C23H28FN3O5S/c1-3-26(16-22(28)25-18-7-6-8-19(15-18)32-2)23(29)17-11-13-27(14-12-17)33(30,31)21-10-5-4-9-20(21)24/h4-10,15,17H,3,11-14,16H2,1-2H3,(H,25,28). The van der Waals surface area contributed by atoms with E-state index in [4.69, 9.17) is 4.74 Å². The van der Waals surface area contributed by atoms with Crippen LogP contribution < -0.4 is 10.1 Å². The molecular formula is C23H28FN3O5S. The number of methoxy groups -OCH3 is 1. The number of amides is 2. The lowest BCUT2D eigenvalue weighted by molar-refractivity contribution is -0.139. The topological polar surface area (TPSA) is 96.0 Å². The third kappa shape index (κ3) is 5.88. The molecule has 1 aliphatic rings. The maximum atomic E-state index is 14.0. The minimum Gasteiger partial charge on any atom is -0.497 e. The lowest BCUT2D eigenvalue weighted by Crippen LogP contribution is -2.46. The molecule has 1 heterocycles. The zero-order valence-electron chi connectivity index (χ0n) is 18.7. The van der Waals surface area contributed by atoms with Gasteiger partial charge in [-0.1, -0.05) is 18.2 Å². The van der Waals surface area contributed by atoms with E-state index in [2.05, 4.69) is 5.32 Å². The highest BCUT2D eigenvalue weighted by Gasteiger charge is 2.35. The molecule has 1 saturated heterocycles. The minimum atomic E-state index is -3.97. The van der Waals surface area contributed by atoms with E-state index in [1.165, 1.54) is 34.5 Å². The monoisotopic (exact) mass is 477 g/mol. The first-order valence-electron chi connectivity index (χ1n) is 10.7. The van der Waals surface area contributed by atoms with Crippen molar-refractivity contribution in [1.82, 2.24) is 9.21 Å². The Bertz CT molecular complexity index is 1100. The van der Waals surface area contributed by atoms with Gasteiger partial charge in [-0.15, -0.1) is 0 Å². The Morgan fingerprint density at radius 1 is 1.15 bits per heavy atom. The van der Waals surface area contributed by atoms with Gasteiger partial charge in [0.15, 0.2) is 0 Å². The van der Waals surface area contributed by atoms with Gasteiger partial charge in [0, 0.05) is 37.3 Å². The molecule has 0 unspecified atom stereocenters. The van der Waals surface area contributed by atoms with Crippen molar-refractivity contribution >= 4 is 27.5 Å². The number of carbonyl (C=O) groups excluding carboxylic acids is 2. The Labute approximate surface area is 193 Å². The first-order valence-corrected chi connectivity index (χ1v) is 12.2. The van der Waals surface area contributed by atoms with Gasteiger partial charge in [-0.2, -0.15) is 4.31 Å². The number of benzene rings is 2. The van der Waals surface area contributed by atoms with E-state index in [0.29, 0.717) is 30.8 Å². The smallest absolute Gasteiger partial charge is 0.245 e. The van der Waals surface area contributed by atoms with Crippen molar-refractivity contribution < 1.29 is 27.1 Å². The molecular weight excluding hydrogens is 449 g/mol. The maximum Gasteiger partial charge on any atom is 0.245 e. The summed E-state index contributed by atoms with van der Waals surface area (Å²) in [6, 6.07) is 12.2. The maximum absolute atomic E-state index is 14.0. The Morgan fingerprint density at radius 2 is 1.85 bits per heavy atom. The minimum absolute atomic E-state index is 0.111. The van der Waals surface area contributed by atoms with Gasteiger partial charge in [0.05, 0.1) is 13.7 Å². The van der Waals surface area contributed by atoms with Crippen LogP contribution in [0.3, 0.4) is 0 Å². The largest absolute Gasteiger partial charge is 0.497 e. The van der Waals surface area contributed by atoms with E-state index >= 15 is 0 Å². The molecule has 0 aromatic heterocycles. The van der Waals surface area contributed by atoms with Crippen molar-refractivity contribution in [2.75, 3.05) is 38.6 Å². The van der Waals surface area contributed by atoms with Crippen LogP contribution in [0.1, 0.15) is 19.8 Å². The zero-order chi connectivity index (χ0) is 24.0. The van der Waals surface area contributed by atoms with Crippen molar-refractivity contribution in [1.29, 1.82) is 0 Å². The molecule has 3 rings (SSSR count). The number of anilines is 1. The molecule has 0 aliphatic carbocycles. The first-order chi connectivity index (χ1) is 15.8. The number of hydrogen-bond donors (Lipinski definition) is 1. The second kappa shape index (κ2) is 10.8. The summed E-state index contributed by atoms with van der Waals surface area (Å²) in [5.41, 5.74) is 0.564. The lowest BCUT2D eigenvalue weighted by atomic mass is 9.96. The Morgan fingerprint density at radius 3 is 2.48 bits per heavy atom. The molecule has 33 heavy (non-hydrogen) atoms. The number of hydrogen-bond acceptors (Lipinski definition) is 5. The van der Waals surface area contributed by atoms with Crippen LogP contribution in [0.15, 0.2) is 53.4 Å². The molecule has 2 aromatic carbocycles. The molecule has 2 aromatic rings.